The monoisotopic (exact) mass is 215 g/mol. The average molecular weight is 215 g/mol. The molecule has 0 spiro atoms. The van der Waals surface area contributed by atoms with Gasteiger partial charge in [0.15, 0.2) is 0 Å². The molecule has 0 aliphatic carbocycles. The third kappa shape index (κ3) is 2.44. The summed E-state index contributed by atoms with van der Waals surface area (Å²) in [5.74, 6) is 0.766. The van der Waals surface area contributed by atoms with E-state index in [0.29, 0.717) is 12.2 Å². The predicted molar refractivity (Wildman–Crippen MR) is 62.7 cm³/mol. The fourth-order valence-electron chi connectivity index (χ4n) is 1.36. The molecule has 16 heavy (non-hydrogen) atoms. The highest BCUT2D eigenvalue weighted by Gasteiger charge is 1.99. The minimum Gasteiger partial charge on any atom is -0.396 e. The molecule has 0 saturated heterocycles. The summed E-state index contributed by atoms with van der Waals surface area (Å²) in [5.41, 5.74) is 8.19. The lowest BCUT2D eigenvalue weighted by molar-refractivity contribution is 0.955. The average Bonchev–Trinajstić information content (AvgIpc) is 2.28. The van der Waals surface area contributed by atoms with Gasteiger partial charge >= 0.3 is 0 Å². The van der Waals surface area contributed by atoms with Crippen LogP contribution >= 0.6 is 0 Å². The Balaban J connectivity index is 2.05. The molecule has 2 aromatic rings. The van der Waals surface area contributed by atoms with Gasteiger partial charge in [-0.1, -0.05) is 0 Å². The summed E-state index contributed by atoms with van der Waals surface area (Å²) >= 11 is 0. The zero-order valence-electron chi connectivity index (χ0n) is 9.01. The van der Waals surface area contributed by atoms with E-state index >= 15 is 0 Å². The van der Waals surface area contributed by atoms with E-state index in [-0.39, 0.29) is 0 Å². The normalized spacial score (nSPS) is 10.1. The molecule has 5 nitrogen and oxygen atoms in total. The van der Waals surface area contributed by atoms with Crippen molar-refractivity contribution in [1.82, 2.24) is 15.0 Å². The molecule has 2 rings (SSSR count). The Morgan fingerprint density at radius 3 is 2.94 bits per heavy atom. The van der Waals surface area contributed by atoms with E-state index in [1.165, 1.54) is 0 Å². The van der Waals surface area contributed by atoms with E-state index in [4.69, 9.17) is 5.73 Å². The summed E-state index contributed by atoms with van der Waals surface area (Å²) in [4.78, 5) is 12.3. The van der Waals surface area contributed by atoms with Crippen molar-refractivity contribution in [3.05, 3.63) is 42.2 Å². The first kappa shape index (κ1) is 10.4. The van der Waals surface area contributed by atoms with Gasteiger partial charge in [0.1, 0.15) is 5.82 Å². The number of aryl methyl sites for hydroxylation is 1. The summed E-state index contributed by atoms with van der Waals surface area (Å²) in [6.07, 6.45) is 5.06. The van der Waals surface area contributed by atoms with Crippen molar-refractivity contribution in [2.75, 3.05) is 11.1 Å². The van der Waals surface area contributed by atoms with E-state index in [2.05, 4.69) is 20.3 Å². The number of pyridine rings is 1. The molecule has 0 amide bonds. The second kappa shape index (κ2) is 4.57. The van der Waals surface area contributed by atoms with Gasteiger partial charge in [0.2, 0.25) is 0 Å². The lowest BCUT2D eigenvalue weighted by Gasteiger charge is -2.08. The molecule has 0 saturated carbocycles. The molecule has 0 atom stereocenters. The van der Waals surface area contributed by atoms with Crippen molar-refractivity contribution in [3.8, 4) is 0 Å². The second-order valence-electron chi connectivity index (χ2n) is 3.41. The maximum atomic E-state index is 5.76. The van der Waals surface area contributed by atoms with Gasteiger partial charge in [-0.3, -0.25) is 4.98 Å². The Kier molecular flexibility index (Phi) is 2.95. The molecule has 3 N–H and O–H groups in total. The lowest BCUT2D eigenvalue weighted by atomic mass is 10.3. The molecule has 0 fully saturated rings. The molecule has 2 aromatic heterocycles. The first-order chi connectivity index (χ1) is 7.75. The molecule has 0 aliphatic heterocycles. The van der Waals surface area contributed by atoms with Crippen molar-refractivity contribution < 1.29 is 0 Å². The summed E-state index contributed by atoms with van der Waals surface area (Å²) < 4.78 is 0. The van der Waals surface area contributed by atoms with Gasteiger partial charge in [0, 0.05) is 12.4 Å². The van der Waals surface area contributed by atoms with E-state index < -0.39 is 0 Å². The molecule has 5 heteroatoms. The van der Waals surface area contributed by atoms with Gasteiger partial charge in [0.25, 0.3) is 0 Å². The molecule has 82 valence electrons. The Morgan fingerprint density at radius 1 is 1.31 bits per heavy atom. The van der Waals surface area contributed by atoms with Crippen molar-refractivity contribution in [2.45, 2.75) is 13.5 Å². The van der Waals surface area contributed by atoms with Crippen LogP contribution in [-0.4, -0.2) is 15.0 Å². The highest BCUT2D eigenvalue weighted by molar-refractivity contribution is 5.64. The molecule has 0 aromatic carbocycles. The van der Waals surface area contributed by atoms with Crippen LogP contribution in [0.25, 0.3) is 0 Å². The minimum atomic E-state index is 0.623. The summed E-state index contributed by atoms with van der Waals surface area (Å²) in [5, 5.41) is 3.20. The Labute approximate surface area is 93.8 Å². The molecule has 0 radical (unpaired) electrons. The quantitative estimate of drug-likeness (QED) is 0.808. The standard InChI is InChI=1S/C11H13N5/c1-8-14-5-2-9(16-8)6-15-11-3-4-13-7-10(11)12/h2-5,7H,6,12H2,1H3,(H,13,15). The lowest BCUT2D eigenvalue weighted by Crippen LogP contribution is -2.05. The number of nitrogen functional groups attached to an aromatic ring is 1. The molecule has 0 unspecified atom stereocenters. The second-order valence-corrected chi connectivity index (χ2v) is 3.41. The molecule has 0 aliphatic rings. The summed E-state index contributed by atoms with van der Waals surface area (Å²) in [7, 11) is 0. The molecular weight excluding hydrogens is 202 g/mol. The molecule has 2 heterocycles. The number of anilines is 2. The van der Waals surface area contributed by atoms with Gasteiger partial charge in [-0.05, 0) is 19.1 Å². The van der Waals surface area contributed by atoms with Crippen molar-refractivity contribution >= 4 is 11.4 Å². The molecular formula is C11H13N5. The fraction of sp³-hybridized carbons (Fsp3) is 0.182. The Morgan fingerprint density at radius 2 is 2.19 bits per heavy atom. The number of aromatic nitrogens is 3. The van der Waals surface area contributed by atoms with Crippen LogP contribution in [0.15, 0.2) is 30.7 Å². The van der Waals surface area contributed by atoms with Gasteiger partial charge < -0.3 is 11.1 Å². The minimum absolute atomic E-state index is 0.623. The highest BCUT2D eigenvalue weighted by Crippen LogP contribution is 2.15. The van der Waals surface area contributed by atoms with E-state index in [9.17, 15) is 0 Å². The van der Waals surface area contributed by atoms with Crippen LogP contribution in [-0.2, 0) is 6.54 Å². The third-order valence-corrected chi connectivity index (χ3v) is 2.15. The van der Waals surface area contributed by atoms with Gasteiger partial charge in [-0.2, -0.15) is 0 Å². The van der Waals surface area contributed by atoms with Crippen molar-refractivity contribution in [2.24, 2.45) is 0 Å². The number of hydrogen-bond acceptors (Lipinski definition) is 5. The SMILES string of the molecule is Cc1nccc(CNc2ccncc2N)n1. The number of nitrogens with two attached hydrogens (primary N) is 1. The van der Waals surface area contributed by atoms with Crippen LogP contribution in [0.2, 0.25) is 0 Å². The largest absolute Gasteiger partial charge is 0.396 e. The van der Waals surface area contributed by atoms with Crippen LogP contribution < -0.4 is 11.1 Å². The zero-order chi connectivity index (χ0) is 11.4. The fourth-order valence-corrected chi connectivity index (χ4v) is 1.36. The Bertz CT molecular complexity index is 483. The van der Waals surface area contributed by atoms with Crippen LogP contribution in [0.1, 0.15) is 11.5 Å². The van der Waals surface area contributed by atoms with Gasteiger partial charge in [-0.15, -0.1) is 0 Å². The smallest absolute Gasteiger partial charge is 0.125 e. The first-order valence-electron chi connectivity index (χ1n) is 4.97. The topological polar surface area (TPSA) is 76.7 Å². The van der Waals surface area contributed by atoms with E-state index in [1.54, 1.807) is 18.6 Å². The van der Waals surface area contributed by atoms with E-state index in [1.807, 2.05) is 19.1 Å². The highest BCUT2D eigenvalue weighted by atomic mass is 14.9. The van der Waals surface area contributed by atoms with Crippen LogP contribution in [0.4, 0.5) is 11.4 Å². The summed E-state index contributed by atoms with van der Waals surface area (Å²) in [6, 6.07) is 3.71. The van der Waals surface area contributed by atoms with Crippen molar-refractivity contribution in [3.63, 3.8) is 0 Å². The Hall–Kier alpha value is -2.17. The number of rotatable bonds is 3. The van der Waals surface area contributed by atoms with Crippen LogP contribution in [0.5, 0.6) is 0 Å². The maximum Gasteiger partial charge on any atom is 0.125 e. The first-order valence-corrected chi connectivity index (χ1v) is 4.97. The number of nitrogens with one attached hydrogen (secondary N) is 1. The number of hydrogen-bond donors (Lipinski definition) is 2. The zero-order valence-corrected chi connectivity index (χ0v) is 9.01. The van der Waals surface area contributed by atoms with E-state index in [0.717, 1.165) is 17.2 Å². The number of nitrogens with zero attached hydrogens (tertiary/aromatic N) is 3. The van der Waals surface area contributed by atoms with Gasteiger partial charge in [-0.25, -0.2) is 9.97 Å². The van der Waals surface area contributed by atoms with Crippen LogP contribution in [0.3, 0.4) is 0 Å². The molecule has 0 bridgehead atoms. The van der Waals surface area contributed by atoms with Gasteiger partial charge in [0.05, 0.1) is 29.8 Å². The summed E-state index contributed by atoms with van der Waals surface area (Å²) in [6.45, 7) is 2.49. The third-order valence-electron chi connectivity index (χ3n) is 2.15. The predicted octanol–water partition coefficient (Wildman–Crippen LogP) is 1.37. The van der Waals surface area contributed by atoms with Crippen molar-refractivity contribution in [1.29, 1.82) is 0 Å². The van der Waals surface area contributed by atoms with Crippen LogP contribution in [0, 0.1) is 6.92 Å². The maximum absolute atomic E-state index is 5.76.